The highest BCUT2D eigenvalue weighted by atomic mass is 19.4. The van der Waals surface area contributed by atoms with Crippen molar-refractivity contribution >= 4 is 0 Å². The molecule has 0 bridgehead atoms. The molecule has 2 aliphatic rings. The molecule has 1 aromatic rings. The molecule has 4 atom stereocenters. The second kappa shape index (κ2) is 5.71. The molecule has 1 aliphatic carbocycles. The predicted octanol–water partition coefficient (Wildman–Crippen LogP) is 5.34. The summed E-state index contributed by atoms with van der Waals surface area (Å²) in [5.41, 5.74) is 0.634. The van der Waals surface area contributed by atoms with Gasteiger partial charge in [0, 0.05) is 19.0 Å². The fraction of sp³-hybridized carbons (Fsp3) is 0.700. The van der Waals surface area contributed by atoms with Crippen LogP contribution in [0.5, 0.6) is 0 Å². The summed E-state index contributed by atoms with van der Waals surface area (Å²) in [7, 11) is 1.97. The van der Waals surface area contributed by atoms with Crippen molar-refractivity contribution < 1.29 is 18.0 Å². The van der Waals surface area contributed by atoms with Gasteiger partial charge >= 0.3 is 6.18 Å². The lowest BCUT2D eigenvalue weighted by Crippen LogP contribution is -2.48. The smallest absolute Gasteiger partial charge is 0.293 e. The van der Waals surface area contributed by atoms with Crippen molar-refractivity contribution in [3.05, 3.63) is 34.9 Å². The Morgan fingerprint density at radius 2 is 1.80 bits per heavy atom. The van der Waals surface area contributed by atoms with Crippen LogP contribution in [-0.2, 0) is 16.4 Å². The van der Waals surface area contributed by atoms with Gasteiger partial charge < -0.3 is 0 Å². The molecule has 4 unspecified atom stereocenters. The van der Waals surface area contributed by atoms with Gasteiger partial charge in [-0.25, -0.2) is 0 Å². The fourth-order valence-electron chi connectivity index (χ4n) is 5.35. The van der Waals surface area contributed by atoms with E-state index in [1.165, 1.54) is 12.1 Å². The molecule has 0 spiro atoms. The number of hydrogen-bond acceptors (Lipinski definition) is 2. The van der Waals surface area contributed by atoms with Crippen LogP contribution in [0.15, 0.2) is 18.2 Å². The standard InChI is InChI=1S/C20H28F3NO/c1-12-7-8-14(20(21,22)23)9-15(12)19(5)10-13(2)17-16(11-19)18(3,4)25-24(17)6/h7-9,13,16-17H,10-11H2,1-6H3. The van der Waals surface area contributed by atoms with E-state index in [2.05, 4.69) is 27.7 Å². The molecule has 1 saturated carbocycles. The van der Waals surface area contributed by atoms with Gasteiger partial charge in [0.05, 0.1) is 11.2 Å². The zero-order valence-corrected chi connectivity index (χ0v) is 15.9. The van der Waals surface area contributed by atoms with Crippen LogP contribution in [0.25, 0.3) is 0 Å². The first-order chi connectivity index (χ1) is 11.3. The Morgan fingerprint density at radius 3 is 2.40 bits per heavy atom. The maximum atomic E-state index is 13.2. The summed E-state index contributed by atoms with van der Waals surface area (Å²) in [5.74, 6) is 0.643. The van der Waals surface area contributed by atoms with E-state index >= 15 is 0 Å². The lowest BCUT2D eigenvalue weighted by atomic mass is 9.58. The Balaban J connectivity index is 2.03. The highest BCUT2D eigenvalue weighted by molar-refractivity contribution is 5.39. The molecule has 1 saturated heterocycles. The van der Waals surface area contributed by atoms with Crippen molar-refractivity contribution in [1.82, 2.24) is 5.06 Å². The summed E-state index contributed by atoms with van der Waals surface area (Å²) < 4.78 is 39.7. The molecule has 0 N–H and O–H groups in total. The van der Waals surface area contributed by atoms with E-state index in [0.717, 1.165) is 24.0 Å². The Labute approximate surface area is 148 Å². The summed E-state index contributed by atoms with van der Waals surface area (Å²) in [5, 5.41) is 1.97. The van der Waals surface area contributed by atoms with E-state index in [0.29, 0.717) is 17.9 Å². The van der Waals surface area contributed by atoms with Gasteiger partial charge in [-0.05, 0) is 68.2 Å². The minimum absolute atomic E-state index is 0.280. The third-order valence-electron chi connectivity index (χ3n) is 6.35. The highest BCUT2D eigenvalue weighted by Gasteiger charge is 2.55. The van der Waals surface area contributed by atoms with Crippen LogP contribution < -0.4 is 0 Å². The lowest BCUT2D eigenvalue weighted by molar-refractivity contribution is -0.182. The highest BCUT2D eigenvalue weighted by Crippen LogP contribution is 2.53. The number of rotatable bonds is 1. The van der Waals surface area contributed by atoms with Crippen LogP contribution in [0.4, 0.5) is 13.2 Å². The minimum Gasteiger partial charge on any atom is -0.293 e. The van der Waals surface area contributed by atoms with Gasteiger partial charge in [-0.1, -0.05) is 19.9 Å². The number of alkyl halides is 3. The first-order valence-electron chi connectivity index (χ1n) is 8.95. The van der Waals surface area contributed by atoms with E-state index in [1.54, 1.807) is 6.07 Å². The third kappa shape index (κ3) is 3.10. The van der Waals surface area contributed by atoms with E-state index in [9.17, 15) is 13.2 Å². The molecular weight excluding hydrogens is 327 g/mol. The number of hydroxylamine groups is 2. The van der Waals surface area contributed by atoms with Crippen LogP contribution >= 0.6 is 0 Å². The second-order valence-corrected chi connectivity index (χ2v) is 8.81. The number of halogens is 3. The van der Waals surface area contributed by atoms with E-state index in [4.69, 9.17) is 4.84 Å². The molecular formula is C20H28F3NO. The molecule has 140 valence electrons. The Hall–Kier alpha value is -1.07. The van der Waals surface area contributed by atoms with Crippen LogP contribution in [0.2, 0.25) is 0 Å². The Bertz CT molecular complexity index is 669. The van der Waals surface area contributed by atoms with Gasteiger partial charge in [0.2, 0.25) is 0 Å². The topological polar surface area (TPSA) is 12.5 Å². The number of nitrogens with zero attached hydrogens (tertiary/aromatic N) is 1. The maximum absolute atomic E-state index is 13.2. The van der Waals surface area contributed by atoms with Gasteiger partial charge in [0.1, 0.15) is 0 Å². The van der Waals surface area contributed by atoms with Gasteiger partial charge in [0.25, 0.3) is 0 Å². The summed E-state index contributed by atoms with van der Waals surface area (Å²) in [6.07, 6.45) is -2.61. The molecule has 2 nitrogen and oxygen atoms in total. The van der Waals surface area contributed by atoms with Crippen molar-refractivity contribution in [2.24, 2.45) is 11.8 Å². The minimum atomic E-state index is -4.31. The summed E-state index contributed by atoms with van der Waals surface area (Å²) in [6, 6.07) is 4.49. The third-order valence-corrected chi connectivity index (χ3v) is 6.35. The molecule has 2 fully saturated rings. The monoisotopic (exact) mass is 355 g/mol. The predicted molar refractivity (Wildman–Crippen MR) is 92.1 cm³/mol. The summed E-state index contributed by atoms with van der Waals surface area (Å²) in [6.45, 7) is 10.4. The lowest BCUT2D eigenvalue weighted by Gasteiger charge is -2.47. The van der Waals surface area contributed by atoms with Crippen molar-refractivity contribution in [3.63, 3.8) is 0 Å². The molecule has 1 aliphatic heterocycles. The molecule has 0 radical (unpaired) electrons. The first kappa shape index (κ1) is 18.7. The number of hydrogen-bond donors (Lipinski definition) is 0. The second-order valence-electron chi connectivity index (χ2n) is 8.81. The van der Waals surface area contributed by atoms with E-state index in [-0.39, 0.29) is 11.0 Å². The average Bonchev–Trinajstić information content (AvgIpc) is 2.67. The van der Waals surface area contributed by atoms with Crippen LogP contribution in [0.3, 0.4) is 0 Å². The number of fused-ring (bicyclic) bond motifs is 1. The van der Waals surface area contributed by atoms with Crippen molar-refractivity contribution in [2.75, 3.05) is 7.05 Å². The van der Waals surface area contributed by atoms with Gasteiger partial charge in [0.15, 0.2) is 0 Å². The first-order valence-corrected chi connectivity index (χ1v) is 8.95. The zero-order chi connectivity index (χ0) is 18.8. The van der Waals surface area contributed by atoms with Crippen LogP contribution in [0.1, 0.15) is 57.2 Å². The normalized spacial score (nSPS) is 35.6. The Kier molecular flexibility index (Phi) is 4.28. The average molecular weight is 355 g/mol. The van der Waals surface area contributed by atoms with E-state index < -0.39 is 11.7 Å². The van der Waals surface area contributed by atoms with Crippen molar-refractivity contribution in [2.45, 2.75) is 70.7 Å². The van der Waals surface area contributed by atoms with Crippen LogP contribution in [0, 0.1) is 18.8 Å². The van der Waals surface area contributed by atoms with Crippen molar-refractivity contribution in [1.29, 1.82) is 0 Å². The maximum Gasteiger partial charge on any atom is 0.416 e. The fourth-order valence-corrected chi connectivity index (χ4v) is 5.35. The zero-order valence-electron chi connectivity index (χ0n) is 15.9. The molecule has 1 aromatic carbocycles. The van der Waals surface area contributed by atoms with Gasteiger partial charge in [-0.2, -0.15) is 18.2 Å². The molecule has 1 heterocycles. The number of aryl methyl sites for hydroxylation is 1. The largest absolute Gasteiger partial charge is 0.416 e. The van der Waals surface area contributed by atoms with Crippen LogP contribution in [-0.4, -0.2) is 23.8 Å². The summed E-state index contributed by atoms with van der Waals surface area (Å²) in [4.78, 5) is 6.06. The van der Waals surface area contributed by atoms with Crippen molar-refractivity contribution in [3.8, 4) is 0 Å². The molecule has 0 amide bonds. The molecule has 5 heteroatoms. The quantitative estimate of drug-likeness (QED) is 0.674. The van der Waals surface area contributed by atoms with E-state index in [1.807, 2.05) is 19.0 Å². The number of benzene rings is 1. The molecule has 3 rings (SSSR count). The van der Waals surface area contributed by atoms with Gasteiger partial charge in [-0.15, -0.1) is 0 Å². The Morgan fingerprint density at radius 1 is 1.16 bits per heavy atom. The molecule has 25 heavy (non-hydrogen) atoms. The summed E-state index contributed by atoms with van der Waals surface area (Å²) >= 11 is 0. The molecule has 0 aromatic heterocycles. The SMILES string of the molecule is Cc1ccc(C(F)(F)F)cc1C1(C)CC(C)C2C(C1)C(C)(C)ON2C. The van der Waals surface area contributed by atoms with Gasteiger partial charge in [-0.3, -0.25) is 4.84 Å².